The first-order valence-electron chi connectivity index (χ1n) is 5.20. The topological polar surface area (TPSA) is 12.0 Å². The molecule has 0 aromatic carbocycles. The van der Waals surface area contributed by atoms with Crippen LogP contribution in [0.25, 0.3) is 0 Å². The predicted molar refractivity (Wildman–Crippen MR) is 68.4 cm³/mol. The van der Waals surface area contributed by atoms with E-state index in [0.717, 1.165) is 30.1 Å². The van der Waals surface area contributed by atoms with Crippen LogP contribution >= 0.6 is 22.9 Å². The minimum Gasteiger partial charge on any atom is -0.309 e. The molecule has 1 aromatic rings. The molecule has 0 fully saturated rings. The predicted octanol–water partition coefficient (Wildman–Crippen LogP) is 3.86. The van der Waals surface area contributed by atoms with Crippen molar-refractivity contribution >= 4 is 22.9 Å². The summed E-state index contributed by atoms with van der Waals surface area (Å²) in [5.74, 6) is 2.68. The Labute approximate surface area is 101 Å². The first-order valence-corrected chi connectivity index (χ1v) is 6.39. The number of terminal acetylenes is 1. The molecule has 1 aromatic heterocycles. The van der Waals surface area contributed by atoms with Gasteiger partial charge in [0.1, 0.15) is 0 Å². The molecule has 0 radical (unpaired) electrons. The lowest BCUT2D eigenvalue weighted by molar-refractivity contribution is 0.512. The fourth-order valence-corrected chi connectivity index (χ4v) is 2.58. The third kappa shape index (κ3) is 4.25. The van der Waals surface area contributed by atoms with Crippen molar-refractivity contribution in [1.82, 2.24) is 5.32 Å². The van der Waals surface area contributed by atoms with E-state index in [1.165, 1.54) is 4.88 Å². The number of thiophene rings is 1. The number of hydrogen-bond donors (Lipinski definition) is 1. The van der Waals surface area contributed by atoms with Crippen LogP contribution in [0.4, 0.5) is 0 Å². The molecule has 0 aliphatic rings. The van der Waals surface area contributed by atoms with E-state index >= 15 is 0 Å². The van der Waals surface area contributed by atoms with Gasteiger partial charge in [-0.3, -0.25) is 0 Å². The van der Waals surface area contributed by atoms with Gasteiger partial charge in [0.15, 0.2) is 0 Å². The molecule has 1 nitrogen and oxygen atoms in total. The fraction of sp³-hybridized carbons (Fsp3) is 0.500. The number of rotatable bonds is 6. The summed E-state index contributed by atoms with van der Waals surface area (Å²) >= 11 is 7.55. The standard InChI is InChI=1S/C12H16ClNS/c1-3-5-6-10(14-9-4-2)11-7-8-12(13)15-11/h1,7-8,10,14H,4-6,9H2,2H3. The van der Waals surface area contributed by atoms with Crippen molar-refractivity contribution < 1.29 is 0 Å². The van der Waals surface area contributed by atoms with Gasteiger partial charge in [-0.05, 0) is 31.5 Å². The lowest BCUT2D eigenvalue weighted by Crippen LogP contribution is -2.21. The molecule has 1 atom stereocenters. The summed E-state index contributed by atoms with van der Waals surface area (Å²) in [5.41, 5.74) is 0. The van der Waals surface area contributed by atoms with Crippen molar-refractivity contribution in [3.8, 4) is 12.3 Å². The van der Waals surface area contributed by atoms with Gasteiger partial charge in [0, 0.05) is 17.3 Å². The molecule has 82 valence electrons. The van der Waals surface area contributed by atoms with E-state index in [-0.39, 0.29) is 0 Å². The van der Waals surface area contributed by atoms with Crippen molar-refractivity contribution in [1.29, 1.82) is 0 Å². The minimum absolute atomic E-state index is 0.360. The highest BCUT2D eigenvalue weighted by Gasteiger charge is 2.11. The van der Waals surface area contributed by atoms with Gasteiger partial charge in [0.2, 0.25) is 0 Å². The van der Waals surface area contributed by atoms with E-state index in [4.69, 9.17) is 18.0 Å². The van der Waals surface area contributed by atoms with Crippen LogP contribution in [-0.4, -0.2) is 6.54 Å². The number of halogens is 1. The van der Waals surface area contributed by atoms with E-state index in [2.05, 4.69) is 24.2 Å². The first kappa shape index (κ1) is 12.6. The Hall–Kier alpha value is -0.490. The van der Waals surface area contributed by atoms with Crippen LogP contribution < -0.4 is 5.32 Å². The summed E-state index contributed by atoms with van der Waals surface area (Å²) in [6.07, 6.45) is 8.20. The van der Waals surface area contributed by atoms with Crippen LogP contribution in [0.5, 0.6) is 0 Å². The summed E-state index contributed by atoms with van der Waals surface area (Å²) in [5, 5.41) is 3.49. The van der Waals surface area contributed by atoms with Crippen molar-refractivity contribution in [2.45, 2.75) is 32.2 Å². The smallest absolute Gasteiger partial charge is 0.0931 e. The zero-order valence-corrected chi connectivity index (χ0v) is 10.5. The molecule has 0 saturated heterocycles. The van der Waals surface area contributed by atoms with Crippen LogP contribution in [0, 0.1) is 12.3 Å². The maximum atomic E-state index is 5.92. The minimum atomic E-state index is 0.360. The normalized spacial score (nSPS) is 12.3. The van der Waals surface area contributed by atoms with Crippen molar-refractivity contribution in [2.24, 2.45) is 0 Å². The molecule has 3 heteroatoms. The van der Waals surface area contributed by atoms with E-state index in [1.807, 2.05) is 6.07 Å². The largest absolute Gasteiger partial charge is 0.309 e. The molecule has 1 heterocycles. The summed E-state index contributed by atoms with van der Waals surface area (Å²) in [7, 11) is 0. The quantitative estimate of drug-likeness (QED) is 0.746. The zero-order valence-electron chi connectivity index (χ0n) is 8.92. The Kier molecular flexibility index (Phi) is 5.78. The molecule has 0 amide bonds. The monoisotopic (exact) mass is 241 g/mol. The molecule has 0 aliphatic carbocycles. The molecule has 0 bridgehead atoms. The highest BCUT2D eigenvalue weighted by Crippen LogP contribution is 2.29. The van der Waals surface area contributed by atoms with Crippen molar-refractivity contribution in [3.05, 3.63) is 21.3 Å². The lowest BCUT2D eigenvalue weighted by atomic mass is 10.1. The van der Waals surface area contributed by atoms with Gasteiger partial charge >= 0.3 is 0 Å². The second-order valence-electron chi connectivity index (χ2n) is 3.39. The molecule has 0 saturated carbocycles. The third-order valence-corrected chi connectivity index (χ3v) is 3.50. The second kappa shape index (κ2) is 6.90. The molecular formula is C12H16ClNS. The van der Waals surface area contributed by atoms with Crippen LogP contribution in [0.2, 0.25) is 4.34 Å². The maximum absolute atomic E-state index is 5.92. The lowest BCUT2D eigenvalue weighted by Gasteiger charge is -2.15. The summed E-state index contributed by atoms with van der Waals surface area (Å²) in [6, 6.07) is 4.38. The molecule has 0 aliphatic heterocycles. The Morgan fingerprint density at radius 3 is 2.93 bits per heavy atom. The van der Waals surface area contributed by atoms with Gasteiger partial charge in [-0.25, -0.2) is 0 Å². The van der Waals surface area contributed by atoms with Gasteiger partial charge in [0.25, 0.3) is 0 Å². The Balaban J connectivity index is 2.59. The average Bonchev–Trinajstić information content (AvgIpc) is 2.65. The number of hydrogen-bond acceptors (Lipinski definition) is 2. The van der Waals surface area contributed by atoms with Crippen LogP contribution in [0.3, 0.4) is 0 Å². The van der Waals surface area contributed by atoms with Crippen LogP contribution in [0.15, 0.2) is 12.1 Å². The summed E-state index contributed by atoms with van der Waals surface area (Å²) < 4.78 is 0.842. The Bertz CT molecular complexity index is 327. The van der Waals surface area contributed by atoms with Crippen molar-refractivity contribution in [3.63, 3.8) is 0 Å². The average molecular weight is 242 g/mol. The molecular weight excluding hydrogens is 226 g/mol. The van der Waals surface area contributed by atoms with Crippen molar-refractivity contribution in [2.75, 3.05) is 6.54 Å². The highest BCUT2D eigenvalue weighted by atomic mass is 35.5. The molecule has 0 spiro atoms. The molecule has 1 rings (SSSR count). The van der Waals surface area contributed by atoms with E-state index in [9.17, 15) is 0 Å². The summed E-state index contributed by atoms with van der Waals surface area (Å²) in [4.78, 5) is 1.28. The van der Waals surface area contributed by atoms with Crippen LogP contribution in [-0.2, 0) is 0 Å². The zero-order chi connectivity index (χ0) is 11.1. The van der Waals surface area contributed by atoms with Crippen LogP contribution in [0.1, 0.15) is 37.1 Å². The van der Waals surface area contributed by atoms with Gasteiger partial charge < -0.3 is 5.32 Å². The van der Waals surface area contributed by atoms with E-state index in [1.54, 1.807) is 11.3 Å². The van der Waals surface area contributed by atoms with Gasteiger partial charge in [-0.15, -0.1) is 23.7 Å². The second-order valence-corrected chi connectivity index (χ2v) is 5.14. The summed E-state index contributed by atoms with van der Waals surface area (Å²) in [6.45, 7) is 3.18. The SMILES string of the molecule is C#CCCC(NCCC)c1ccc(Cl)s1. The van der Waals surface area contributed by atoms with Gasteiger partial charge in [-0.1, -0.05) is 18.5 Å². The highest BCUT2D eigenvalue weighted by molar-refractivity contribution is 7.16. The number of nitrogens with one attached hydrogen (secondary N) is 1. The van der Waals surface area contributed by atoms with E-state index in [0.29, 0.717) is 6.04 Å². The van der Waals surface area contributed by atoms with Gasteiger partial charge in [-0.2, -0.15) is 0 Å². The third-order valence-electron chi connectivity index (χ3n) is 2.16. The maximum Gasteiger partial charge on any atom is 0.0931 e. The first-order chi connectivity index (χ1) is 7.27. The van der Waals surface area contributed by atoms with E-state index < -0.39 is 0 Å². The molecule has 1 N–H and O–H groups in total. The molecule has 1 unspecified atom stereocenters. The molecule has 15 heavy (non-hydrogen) atoms. The Morgan fingerprint density at radius 1 is 1.60 bits per heavy atom. The van der Waals surface area contributed by atoms with Gasteiger partial charge in [0.05, 0.1) is 4.34 Å². The Morgan fingerprint density at radius 2 is 2.40 bits per heavy atom. The fourth-order valence-electron chi connectivity index (χ4n) is 1.41.